The lowest BCUT2D eigenvalue weighted by molar-refractivity contribution is -0.111. The zero-order valence-corrected chi connectivity index (χ0v) is 18.7. The first kappa shape index (κ1) is 21.9. The quantitative estimate of drug-likeness (QED) is 0.269. The van der Waals surface area contributed by atoms with Gasteiger partial charge in [0.05, 0.1) is 10.9 Å². The molecule has 0 fully saturated rings. The predicted molar refractivity (Wildman–Crippen MR) is 137 cm³/mol. The number of para-hydroxylation sites is 3. The molecule has 0 atom stereocenters. The molecule has 35 heavy (non-hydrogen) atoms. The molecule has 0 saturated heterocycles. The fraction of sp³-hybridized carbons (Fsp3) is 0. The molecular formula is C29H21N3O3. The van der Waals surface area contributed by atoms with Crippen LogP contribution < -0.4 is 14.8 Å². The van der Waals surface area contributed by atoms with E-state index in [1.807, 2.05) is 91.0 Å². The summed E-state index contributed by atoms with van der Waals surface area (Å²) in [6.07, 6.45) is 4.65. The van der Waals surface area contributed by atoms with Crippen molar-refractivity contribution in [3.8, 4) is 23.1 Å². The lowest BCUT2D eigenvalue weighted by Gasteiger charge is -2.10. The molecule has 1 amide bonds. The van der Waals surface area contributed by atoms with Crippen molar-refractivity contribution in [2.45, 2.75) is 0 Å². The predicted octanol–water partition coefficient (Wildman–Crippen LogP) is 6.87. The summed E-state index contributed by atoms with van der Waals surface area (Å²) < 4.78 is 11.9. The molecule has 1 N–H and O–H groups in total. The fourth-order valence-corrected chi connectivity index (χ4v) is 3.46. The van der Waals surface area contributed by atoms with Gasteiger partial charge in [0.2, 0.25) is 11.8 Å². The number of hydrogen-bond acceptors (Lipinski definition) is 5. The minimum Gasteiger partial charge on any atom is -0.457 e. The van der Waals surface area contributed by atoms with Crippen LogP contribution in [0.4, 0.5) is 5.69 Å². The highest BCUT2D eigenvalue weighted by Crippen LogP contribution is 2.29. The molecule has 5 aromatic rings. The standard InChI is InChI=1S/C29H21N3O3/c33-28(32-22-15-17-24(18-16-22)34-23-9-2-1-3-10-23)19-14-21-8-4-7-13-27(21)35-29-25-11-5-6-12-26(25)30-20-31-29/h1-20H,(H,32,33)/b19-14+. The highest BCUT2D eigenvalue weighted by molar-refractivity contribution is 6.02. The van der Waals surface area contributed by atoms with E-state index in [2.05, 4.69) is 15.3 Å². The van der Waals surface area contributed by atoms with E-state index < -0.39 is 0 Å². The number of anilines is 1. The molecule has 0 aliphatic rings. The van der Waals surface area contributed by atoms with Crippen LogP contribution in [0.1, 0.15) is 5.56 Å². The van der Waals surface area contributed by atoms with E-state index in [1.165, 1.54) is 12.4 Å². The molecule has 6 nitrogen and oxygen atoms in total. The lowest BCUT2D eigenvalue weighted by Crippen LogP contribution is -2.07. The van der Waals surface area contributed by atoms with Gasteiger partial charge in [0.25, 0.3) is 0 Å². The smallest absolute Gasteiger partial charge is 0.248 e. The van der Waals surface area contributed by atoms with Crippen molar-refractivity contribution in [2.75, 3.05) is 5.32 Å². The summed E-state index contributed by atoms with van der Waals surface area (Å²) in [6, 6.07) is 31.8. The number of hydrogen-bond donors (Lipinski definition) is 1. The molecule has 1 heterocycles. The van der Waals surface area contributed by atoms with Crippen molar-refractivity contribution < 1.29 is 14.3 Å². The molecule has 6 heteroatoms. The van der Waals surface area contributed by atoms with Gasteiger partial charge in [0.1, 0.15) is 23.6 Å². The number of benzene rings is 4. The van der Waals surface area contributed by atoms with Crippen LogP contribution in [0, 0.1) is 0 Å². The van der Waals surface area contributed by atoms with Crippen molar-refractivity contribution in [1.82, 2.24) is 9.97 Å². The number of nitrogens with one attached hydrogen (secondary N) is 1. The van der Waals surface area contributed by atoms with Gasteiger partial charge in [-0.05, 0) is 60.7 Å². The molecule has 0 saturated carbocycles. The van der Waals surface area contributed by atoms with Gasteiger partial charge in [0, 0.05) is 17.3 Å². The van der Waals surface area contributed by atoms with Gasteiger partial charge in [-0.2, -0.15) is 0 Å². The van der Waals surface area contributed by atoms with Gasteiger partial charge in [-0.25, -0.2) is 9.97 Å². The molecule has 0 aliphatic carbocycles. The highest BCUT2D eigenvalue weighted by atomic mass is 16.5. The summed E-state index contributed by atoms with van der Waals surface area (Å²) in [4.78, 5) is 21.1. The van der Waals surface area contributed by atoms with Gasteiger partial charge < -0.3 is 14.8 Å². The zero-order chi connectivity index (χ0) is 23.9. The number of fused-ring (bicyclic) bond motifs is 1. The molecule has 0 aliphatic heterocycles. The number of rotatable bonds is 7. The Kier molecular flexibility index (Phi) is 6.44. The molecule has 4 aromatic carbocycles. The first-order valence-corrected chi connectivity index (χ1v) is 11.0. The maximum Gasteiger partial charge on any atom is 0.248 e. The van der Waals surface area contributed by atoms with E-state index in [4.69, 9.17) is 9.47 Å². The summed E-state index contributed by atoms with van der Waals surface area (Å²) in [7, 11) is 0. The minimum absolute atomic E-state index is 0.260. The number of aromatic nitrogens is 2. The highest BCUT2D eigenvalue weighted by Gasteiger charge is 2.08. The van der Waals surface area contributed by atoms with Crippen LogP contribution in [-0.2, 0) is 4.79 Å². The molecule has 1 aromatic heterocycles. The third-order valence-corrected chi connectivity index (χ3v) is 5.15. The SMILES string of the molecule is O=C(/C=C/c1ccccc1Oc1ncnc2ccccc12)Nc1ccc(Oc2ccccc2)cc1. The Labute approximate surface area is 202 Å². The van der Waals surface area contributed by atoms with Crippen LogP contribution in [0.25, 0.3) is 17.0 Å². The first-order valence-electron chi connectivity index (χ1n) is 11.0. The van der Waals surface area contributed by atoms with Crippen LogP contribution >= 0.6 is 0 Å². The van der Waals surface area contributed by atoms with Crippen LogP contribution in [0.2, 0.25) is 0 Å². The monoisotopic (exact) mass is 459 g/mol. The van der Waals surface area contributed by atoms with E-state index in [1.54, 1.807) is 18.2 Å². The number of nitrogens with zero attached hydrogens (tertiary/aromatic N) is 2. The Morgan fingerprint density at radius 1 is 0.714 bits per heavy atom. The fourth-order valence-electron chi connectivity index (χ4n) is 3.46. The Hall–Kier alpha value is -4.97. The Morgan fingerprint density at radius 3 is 2.29 bits per heavy atom. The Morgan fingerprint density at radius 2 is 1.43 bits per heavy atom. The van der Waals surface area contributed by atoms with E-state index in [0.29, 0.717) is 23.1 Å². The van der Waals surface area contributed by atoms with Crippen LogP contribution in [0.3, 0.4) is 0 Å². The lowest BCUT2D eigenvalue weighted by atomic mass is 10.2. The van der Waals surface area contributed by atoms with Crippen molar-refractivity contribution in [2.24, 2.45) is 0 Å². The topological polar surface area (TPSA) is 73.3 Å². The van der Waals surface area contributed by atoms with Gasteiger partial charge in [0.15, 0.2) is 0 Å². The molecule has 0 bridgehead atoms. The average Bonchev–Trinajstić information content (AvgIpc) is 2.90. The number of ether oxygens (including phenoxy) is 2. The first-order chi connectivity index (χ1) is 17.2. The van der Waals surface area contributed by atoms with Gasteiger partial charge in [-0.15, -0.1) is 0 Å². The van der Waals surface area contributed by atoms with E-state index in [0.717, 1.165) is 22.2 Å². The van der Waals surface area contributed by atoms with Crippen molar-refractivity contribution in [3.63, 3.8) is 0 Å². The molecular weight excluding hydrogens is 438 g/mol. The third-order valence-electron chi connectivity index (χ3n) is 5.15. The normalized spacial score (nSPS) is 10.9. The molecule has 0 spiro atoms. The molecule has 170 valence electrons. The van der Waals surface area contributed by atoms with Gasteiger partial charge in [-0.1, -0.05) is 48.5 Å². The third kappa shape index (κ3) is 5.51. The van der Waals surface area contributed by atoms with Gasteiger partial charge >= 0.3 is 0 Å². The van der Waals surface area contributed by atoms with Crippen LogP contribution in [0.5, 0.6) is 23.1 Å². The maximum atomic E-state index is 12.5. The maximum absolute atomic E-state index is 12.5. The zero-order valence-electron chi connectivity index (χ0n) is 18.7. The second-order valence-electron chi connectivity index (χ2n) is 7.60. The second kappa shape index (κ2) is 10.3. The summed E-state index contributed by atoms with van der Waals surface area (Å²) in [5.74, 6) is 2.22. The second-order valence-corrected chi connectivity index (χ2v) is 7.60. The van der Waals surface area contributed by atoms with Crippen LogP contribution in [-0.4, -0.2) is 15.9 Å². The van der Waals surface area contributed by atoms with E-state index >= 15 is 0 Å². The number of carbonyl (C=O) groups is 1. The Balaban J connectivity index is 1.26. The summed E-state index contributed by atoms with van der Waals surface area (Å²) in [5, 5.41) is 3.67. The van der Waals surface area contributed by atoms with Crippen molar-refractivity contribution >= 4 is 28.6 Å². The summed E-state index contributed by atoms with van der Waals surface area (Å²) in [5.41, 5.74) is 2.21. The number of carbonyl (C=O) groups excluding carboxylic acids is 1. The van der Waals surface area contributed by atoms with E-state index in [9.17, 15) is 4.79 Å². The summed E-state index contributed by atoms with van der Waals surface area (Å²) >= 11 is 0. The summed E-state index contributed by atoms with van der Waals surface area (Å²) in [6.45, 7) is 0. The largest absolute Gasteiger partial charge is 0.457 e. The Bertz CT molecular complexity index is 1480. The molecule has 0 radical (unpaired) electrons. The van der Waals surface area contributed by atoms with Crippen LogP contribution in [0.15, 0.2) is 116 Å². The van der Waals surface area contributed by atoms with Crippen molar-refractivity contribution in [3.05, 3.63) is 121 Å². The number of amides is 1. The molecule has 0 unspecified atom stereocenters. The van der Waals surface area contributed by atoms with Crippen molar-refractivity contribution in [1.29, 1.82) is 0 Å². The minimum atomic E-state index is -0.260. The van der Waals surface area contributed by atoms with Gasteiger partial charge in [-0.3, -0.25) is 4.79 Å². The molecule has 5 rings (SSSR count). The van der Waals surface area contributed by atoms with E-state index in [-0.39, 0.29) is 5.91 Å². The average molecular weight is 460 g/mol.